The van der Waals surface area contributed by atoms with Crippen LogP contribution < -0.4 is 0 Å². The zero-order valence-electron chi connectivity index (χ0n) is 13.6. The molecule has 1 N–H and O–H groups in total. The van der Waals surface area contributed by atoms with Gasteiger partial charge in [0.05, 0.1) is 0 Å². The summed E-state index contributed by atoms with van der Waals surface area (Å²) < 4.78 is 0. The molecule has 2 nitrogen and oxygen atoms in total. The van der Waals surface area contributed by atoms with Gasteiger partial charge in [-0.25, -0.2) is 0 Å². The van der Waals surface area contributed by atoms with Crippen LogP contribution in [0.3, 0.4) is 0 Å². The van der Waals surface area contributed by atoms with Gasteiger partial charge in [-0.1, -0.05) is 60.7 Å². The van der Waals surface area contributed by atoms with Crippen molar-refractivity contribution in [2.24, 2.45) is 11.8 Å². The van der Waals surface area contributed by atoms with Gasteiger partial charge in [0.25, 0.3) is 0 Å². The van der Waals surface area contributed by atoms with Crippen molar-refractivity contribution >= 4 is 0 Å². The molecule has 0 amide bonds. The molecule has 3 heterocycles. The number of benzene rings is 2. The smallest absolute Gasteiger partial charge is 0.115 e. The largest absolute Gasteiger partial charge is 0.380 e. The summed E-state index contributed by atoms with van der Waals surface area (Å²) in [6.07, 6.45) is 3.41. The van der Waals surface area contributed by atoms with E-state index in [0.29, 0.717) is 5.92 Å². The van der Waals surface area contributed by atoms with Gasteiger partial charge in [-0.3, -0.25) is 0 Å². The summed E-state index contributed by atoms with van der Waals surface area (Å²) in [5.74, 6) is 1.36. The molecular formula is C21H25NO. The summed E-state index contributed by atoms with van der Waals surface area (Å²) in [5, 5.41) is 11.7. The van der Waals surface area contributed by atoms with Crippen LogP contribution >= 0.6 is 0 Å². The van der Waals surface area contributed by atoms with E-state index < -0.39 is 5.60 Å². The molecule has 0 radical (unpaired) electrons. The molecule has 23 heavy (non-hydrogen) atoms. The fourth-order valence-corrected chi connectivity index (χ4v) is 4.53. The van der Waals surface area contributed by atoms with Crippen LogP contribution in [0.2, 0.25) is 0 Å². The van der Waals surface area contributed by atoms with Crippen molar-refractivity contribution in [2.45, 2.75) is 24.9 Å². The van der Waals surface area contributed by atoms with E-state index in [4.69, 9.17) is 0 Å². The summed E-state index contributed by atoms with van der Waals surface area (Å²) in [5.41, 5.74) is 1.15. The Balaban J connectivity index is 1.69. The molecule has 2 heteroatoms. The lowest BCUT2D eigenvalue weighted by Gasteiger charge is -2.47. The lowest BCUT2D eigenvalue weighted by molar-refractivity contribution is -0.0135. The standard InChI is InChI=1S/C21H25NO/c23-21(19-7-3-1-4-8-19,20-9-5-2-6-10-20)15-18-16-22-13-11-17(18)12-14-22/h1-10,17-18,23H,11-16H2. The molecule has 3 aliphatic heterocycles. The minimum atomic E-state index is -0.883. The van der Waals surface area contributed by atoms with Crippen molar-refractivity contribution in [2.75, 3.05) is 19.6 Å². The van der Waals surface area contributed by atoms with Crippen molar-refractivity contribution in [1.29, 1.82) is 0 Å². The predicted molar refractivity (Wildman–Crippen MR) is 93.2 cm³/mol. The van der Waals surface area contributed by atoms with Crippen molar-refractivity contribution < 1.29 is 5.11 Å². The van der Waals surface area contributed by atoms with E-state index in [2.05, 4.69) is 29.2 Å². The van der Waals surface area contributed by atoms with Gasteiger partial charge >= 0.3 is 0 Å². The minimum Gasteiger partial charge on any atom is -0.380 e. The Hall–Kier alpha value is -1.64. The van der Waals surface area contributed by atoms with Gasteiger partial charge in [-0.05, 0) is 55.3 Å². The SMILES string of the molecule is OC(CC1CN2CCC1CC2)(c1ccccc1)c1ccccc1. The monoisotopic (exact) mass is 307 g/mol. The second kappa shape index (κ2) is 6.10. The van der Waals surface area contributed by atoms with Gasteiger partial charge in [0.1, 0.15) is 5.60 Å². The number of fused-ring (bicyclic) bond motifs is 3. The molecule has 2 aromatic carbocycles. The van der Waals surface area contributed by atoms with E-state index in [1.807, 2.05) is 36.4 Å². The summed E-state index contributed by atoms with van der Waals surface area (Å²) in [4.78, 5) is 2.57. The fraction of sp³-hybridized carbons (Fsp3) is 0.429. The maximum absolute atomic E-state index is 11.7. The van der Waals surface area contributed by atoms with Crippen LogP contribution in [0.5, 0.6) is 0 Å². The maximum Gasteiger partial charge on any atom is 0.115 e. The minimum absolute atomic E-state index is 0.586. The maximum atomic E-state index is 11.7. The number of rotatable bonds is 4. The second-order valence-corrected chi connectivity index (χ2v) is 7.19. The highest BCUT2D eigenvalue weighted by Crippen LogP contribution is 2.42. The first kappa shape index (κ1) is 14.9. The number of piperidine rings is 3. The third kappa shape index (κ3) is 2.82. The van der Waals surface area contributed by atoms with Crippen LogP contribution in [0, 0.1) is 11.8 Å². The van der Waals surface area contributed by atoms with Crippen molar-refractivity contribution in [1.82, 2.24) is 4.90 Å². The molecule has 3 saturated heterocycles. The summed E-state index contributed by atoms with van der Waals surface area (Å²) >= 11 is 0. The zero-order valence-corrected chi connectivity index (χ0v) is 13.6. The van der Waals surface area contributed by atoms with Gasteiger partial charge in [0.15, 0.2) is 0 Å². The zero-order chi connectivity index (χ0) is 15.7. The van der Waals surface area contributed by atoms with Gasteiger partial charge in [-0.15, -0.1) is 0 Å². The third-order valence-electron chi connectivity index (χ3n) is 5.85. The number of aliphatic hydroxyl groups is 1. The lowest BCUT2D eigenvalue weighted by Crippen LogP contribution is -2.49. The molecule has 3 fully saturated rings. The topological polar surface area (TPSA) is 23.5 Å². The fourth-order valence-electron chi connectivity index (χ4n) is 4.53. The Morgan fingerprint density at radius 1 is 0.870 bits per heavy atom. The number of hydrogen-bond donors (Lipinski definition) is 1. The molecule has 2 aromatic rings. The molecule has 3 aliphatic rings. The quantitative estimate of drug-likeness (QED) is 0.932. The van der Waals surface area contributed by atoms with Crippen LogP contribution in [0.1, 0.15) is 30.4 Å². The summed E-state index contributed by atoms with van der Waals surface area (Å²) in [6, 6.07) is 20.4. The molecule has 2 bridgehead atoms. The van der Waals surface area contributed by atoms with E-state index in [1.165, 1.54) is 25.9 Å². The molecule has 0 aliphatic carbocycles. The molecule has 0 saturated carbocycles. The molecular weight excluding hydrogens is 282 g/mol. The first-order valence-corrected chi connectivity index (χ1v) is 8.81. The van der Waals surface area contributed by atoms with Gasteiger partial charge in [-0.2, -0.15) is 0 Å². The van der Waals surface area contributed by atoms with Crippen LogP contribution in [-0.4, -0.2) is 29.6 Å². The first-order valence-electron chi connectivity index (χ1n) is 8.81. The van der Waals surface area contributed by atoms with Crippen LogP contribution in [-0.2, 0) is 5.60 Å². The van der Waals surface area contributed by atoms with Gasteiger partial charge in [0.2, 0.25) is 0 Å². The Morgan fingerprint density at radius 3 is 1.83 bits per heavy atom. The highest BCUT2D eigenvalue weighted by molar-refractivity contribution is 5.36. The van der Waals surface area contributed by atoms with Gasteiger partial charge in [0, 0.05) is 6.54 Å². The molecule has 0 spiro atoms. The summed E-state index contributed by atoms with van der Waals surface area (Å²) in [7, 11) is 0. The van der Waals surface area contributed by atoms with Gasteiger partial charge < -0.3 is 10.0 Å². The molecule has 0 aromatic heterocycles. The Bertz CT molecular complexity index is 592. The van der Waals surface area contributed by atoms with E-state index >= 15 is 0 Å². The molecule has 120 valence electrons. The van der Waals surface area contributed by atoms with E-state index in [-0.39, 0.29) is 0 Å². The lowest BCUT2D eigenvalue weighted by atomic mass is 9.70. The van der Waals surface area contributed by atoms with Crippen molar-refractivity contribution in [3.63, 3.8) is 0 Å². The molecule has 1 unspecified atom stereocenters. The van der Waals surface area contributed by atoms with Crippen LogP contribution in [0.15, 0.2) is 60.7 Å². The Morgan fingerprint density at radius 2 is 1.39 bits per heavy atom. The number of nitrogens with zero attached hydrogens (tertiary/aromatic N) is 1. The van der Waals surface area contributed by atoms with Crippen LogP contribution in [0.25, 0.3) is 0 Å². The Kier molecular flexibility index (Phi) is 3.96. The summed E-state index contributed by atoms with van der Waals surface area (Å²) in [6.45, 7) is 3.64. The predicted octanol–water partition coefficient (Wildman–Crippen LogP) is 3.65. The van der Waals surface area contributed by atoms with Crippen molar-refractivity contribution in [3.05, 3.63) is 71.8 Å². The van der Waals surface area contributed by atoms with Crippen molar-refractivity contribution in [3.8, 4) is 0 Å². The first-order chi connectivity index (χ1) is 11.3. The molecule has 5 rings (SSSR count). The second-order valence-electron chi connectivity index (χ2n) is 7.19. The average Bonchev–Trinajstić information content (AvgIpc) is 2.64. The normalized spacial score (nSPS) is 27.1. The van der Waals surface area contributed by atoms with Crippen LogP contribution in [0.4, 0.5) is 0 Å². The average molecular weight is 307 g/mol. The number of hydrogen-bond acceptors (Lipinski definition) is 2. The third-order valence-corrected chi connectivity index (χ3v) is 5.85. The highest BCUT2D eigenvalue weighted by atomic mass is 16.3. The Labute approximate surface area is 138 Å². The van der Waals surface area contributed by atoms with E-state index in [1.54, 1.807) is 0 Å². The van der Waals surface area contributed by atoms with E-state index in [9.17, 15) is 5.11 Å². The molecule has 1 atom stereocenters. The highest BCUT2D eigenvalue weighted by Gasteiger charge is 2.41. The van der Waals surface area contributed by atoms with E-state index in [0.717, 1.165) is 30.0 Å².